The van der Waals surface area contributed by atoms with Gasteiger partial charge in [0.2, 0.25) is 0 Å². The molecule has 0 aliphatic carbocycles. The van der Waals surface area contributed by atoms with E-state index < -0.39 is 0 Å². The van der Waals surface area contributed by atoms with E-state index in [2.05, 4.69) is 16.1 Å². The van der Waals surface area contributed by atoms with Crippen molar-refractivity contribution in [1.82, 2.24) is 14.8 Å². The van der Waals surface area contributed by atoms with E-state index in [4.69, 9.17) is 4.74 Å². The first kappa shape index (κ1) is 14.0. The molecule has 0 unspecified atom stereocenters. The van der Waals surface area contributed by atoms with Gasteiger partial charge >= 0.3 is 0 Å². The summed E-state index contributed by atoms with van der Waals surface area (Å²) >= 11 is 1.67. The van der Waals surface area contributed by atoms with E-state index in [0.717, 1.165) is 27.5 Å². The quantitative estimate of drug-likeness (QED) is 0.563. The van der Waals surface area contributed by atoms with Gasteiger partial charge in [-0.1, -0.05) is 12.1 Å². The van der Waals surface area contributed by atoms with E-state index in [-0.39, 0.29) is 0 Å². The number of para-hydroxylation sites is 1. The van der Waals surface area contributed by atoms with Gasteiger partial charge in [-0.05, 0) is 42.5 Å². The Kier molecular flexibility index (Phi) is 3.55. The minimum absolute atomic E-state index is 0.488. The highest BCUT2D eigenvalue weighted by Crippen LogP contribution is 2.24. The van der Waals surface area contributed by atoms with Crippen molar-refractivity contribution < 1.29 is 4.74 Å². The summed E-state index contributed by atoms with van der Waals surface area (Å²) < 4.78 is 8.83. The molecule has 0 radical (unpaired) electrons. The minimum atomic E-state index is 0.488. The largest absolute Gasteiger partial charge is 0.486 e. The van der Waals surface area contributed by atoms with E-state index in [1.807, 2.05) is 61.8 Å². The van der Waals surface area contributed by atoms with Crippen LogP contribution in [0.2, 0.25) is 0 Å². The first-order chi connectivity index (χ1) is 11.3. The smallest absolute Gasteiger partial charge is 0.140 e. The molecule has 2 heterocycles. The first-order valence-corrected chi connectivity index (χ1v) is 8.17. The summed E-state index contributed by atoms with van der Waals surface area (Å²) in [5, 5.41) is 5.38. The maximum absolute atomic E-state index is 5.84. The van der Waals surface area contributed by atoms with Crippen LogP contribution in [0.5, 0.6) is 5.75 Å². The zero-order valence-electron chi connectivity index (χ0n) is 12.6. The Bertz CT molecular complexity index is 907. The van der Waals surface area contributed by atoms with Crippen molar-refractivity contribution in [1.29, 1.82) is 0 Å². The zero-order valence-corrected chi connectivity index (χ0v) is 13.5. The van der Waals surface area contributed by atoms with Crippen LogP contribution < -0.4 is 4.74 Å². The third-order valence-electron chi connectivity index (χ3n) is 3.56. The van der Waals surface area contributed by atoms with Gasteiger partial charge < -0.3 is 4.74 Å². The van der Waals surface area contributed by atoms with Gasteiger partial charge in [0, 0.05) is 18.8 Å². The Labute approximate surface area is 138 Å². The molecule has 4 aromatic rings. The lowest BCUT2D eigenvalue weighted by Crippen LogP contribution is -1.94. The fraction of sp³-hybridized carbons (Fsp3) is 0.111. The van der Waals surface area contributed by atoms with Gasteiger partial charge in [-0.2, -0.15) is 5.10 Å². The number of ether oxygens (including phenoxy) is 1. The maximum Gasteiger partial charge on any atom is 0.140 e. The molecule has 0 N–H and O–H groups in total. The van der Waals surface area contributed by atoms with Gasteiger partial charge in [0.05, 0.1) is 15.9 Å². The van der Waals surface area contributed by atoms with E-state index in [1.54, 1.807) is 16.0 Å². The van der Waals surface area contributed by atoms with Gasteiger partial charge in [-0.25, -0.2) is 4.98 Å². The van der Waals surface area contributed by atoms with Gasteiger partial charge in [0.25, 0.3) is 0 Å². The van der Waals surface area contributed by atoms with Crippen LogP contribution in [-0.2, 0) is 13.7 Å². The van der Waals surface area contributed by atoms with Crippen LogP contribution in [0.3, 0.4) is 0 Å². The second-order valence-electron chi connectivity index (χ2n) is 5.26. The van der Waals surface area contributed by atoms with Crippen molar-refractivity contribution in [2.75, 3.05) is 0 Å². The lowest BCUT2D eigenvalue weighted by Gasteiger charge is -2.04. The Morgan fingerprint density at radius 2 is 1.87 bits per heavy atom. The predicted molar refractivity (Wildman–Crippen MR) is 92.6 cm³/mol. The highest BCUT2D eigenvalue weighted by molar-refractivity contribution is 7.18. The van der Waals surface area contributed by atoms with Crippen molar-refractivity contribution in [3.05, 3.63) is 65.8 Å². The normalized spacial score (nSPS) is 11.0. The molecule has 2 aromatic heterocycles. The number of nitrogens with zero attached hydrogens (tertiary/aromatic N) is 3. The summed E-state index contributed by atoms with van der Waals surface area (Å²) in [4.78, 5) is 4.58. The number of hydrogen-bond donors (Lipinski definition) is 0. The lowest BCUT2D eigenvalue weighted by molar-refractivity contribution is 0.306. The monoisotopic (exact) mass is 321 g/mol. The predicted octanol–water partition coefficient (Wildman–Crippen LogP) is 4.28. The number of fused-ring (bicyclic) bond motifs is 1. The summed E-state index contributed by atoms with van der Waals surface area (Å²) in [5.41, 5.74) is 3.07. The highest BCUT2D eigenvalue weighted by atomic mass is 32.1. The summed E-state index contributed by atoms with van der Waals surface area (Å²) in [7, 11) is 1.92. The lowest BCUT2D eigenvalue weighted by atomic mass is 10.1. The van der Waals surface area contributed by atoms with Gasteiger partial charge in [-0.15, -0.1) is 11.3 Å². The van der Waals surface area contributed by atoms with E-state index in [0.29, 0.717) is 6.61 Å². The highest BCUT2D eigenvalue weighted by Gasteiger charge is 2.05. The third-order valence-corrected chi connectivity index (χ3v) is 4.57. The molecule has 4 rings (SSSR count). The van der Waals surface area contributed by atoms with Crippen LogP contribution in [0.15, 0.2) is 60.8 Å². The summed E-state index contributed by atoms with van der Waals surface area (Å²) in [6.45, 7) is 0.488. The first-order valence-electron chi connectivity index (χ1n) is 7.35. The van der Waals surface area contributed by atoms with Crippen LogP contribution in [0, 0.1) is 0 Å². The third kappa shape index (κ3) is 2.96. The van der Waals surface area contributed by atoms with Crippen molar-refractivity contribution >= 4 is 21.6 Å². The number of thiazole rings is 1. The molecular formula is C18H15N3OS. The summed E-state index contributed by atoms with van der Waals surface area (Å²) in [6.07, 6.45) is 1.94. The molecule has 0 atom stereocenters. The van der Waals surface area contributed by atoms with Crippen molar-refractivity contribution in [2.45, 2.75) is 6.61 Å². The van der Waals surface area contributed by atoms with Crippen molar-refractivity contribution in [3.8, 4) is 17.0 Å². The summed E-state index contributed by atoms with van der Waals surface area (Å²) in [5.74, 6) is 0.837. The van der Waals surface area contributed by atoms with Crippen LogP contribution in [-0.4, -0.2) is 14.8 Å². The van der Waals surface area contributed by atoms with E-state index in [1.165, 1.54) is 4.70 Å². The Hall–Kier alpha value is -2.66. The SMILES string of the molecule is Cn1ccc(-c2ccc(OCc3nc4ccccc4s3)cc2)n1. The molecule has 0 fully saturated rings. The van der Waals surface area contributed by atoms with Crippen LogP contribution in [0.25, 0.3) is 21.5 Å². The second-order valence-corrected chi connectivity index (χ2v) is 6.38. The van der Waals surface area contributed by atoms with Crippen molar-refractivity contribution in [3.63, 3.8) is 0 Å². The van der Waals surface area contributed by atoms with Crippen LogP contribution >= 0.6 is 11.3 Å². The molecular weight excluding hydrogens is 306 g/mol. The molecule has 0 saturated heterocycles. The molecule has 23 heavy (non-hydrogen) atoms. The number of hydrogen-bond acceptors (Lipinski definition) is 4. The topological polar surface area (TPSA) is 39.9 Å². The molecule has 5 heteroatoms. The second kappa shape index (κ2) is 5.85. The number of aromatic nitrogens is 3. The van der Waals surface area contributed by atoms with E-state index in [9.17, 15) is 0 Å². The fourth-order valence-corrected chi connectivity index (χ4v) is 3.30. The Balaban J connectivity index is 1.46. The molecule has 0 spiro atoms. The Morgan fingerprint density at radius 3 is 2.61 bits per heavy atom. The van der Waals surface area contributed by atoms with Gasteiger partial charge in [0.15, 0.2) is 0 Å². The number of rotatable bonds is 4. The minimum Gasteiger partial charge on any atom is -0.486 e. The molecule has 0 aliphatic heterocycles. The zero-order chi connectivity index (χ0) is 15.6. The molecule has 0 saturated carbocycles. The average Bonchev–Trinajstić information content (AvgIpc) is 3.19. The van der Waals surface area contributed by atoms with Crippen molar-refractivity contribution in [2.24, 2.45) is 7.05 Å². The molecule has 0 amide bonds. The fourth-order valence-electron chi connectivity index (χ4n) is 2.42. The molecule has 114 valence electrons. The Morgan fingerprint density at radius 1 is 1.04 bits per heavy atom. The maximum atomic E-state index is 5.84. The molecule has 4 nitrogen and oxygen atoms in total. The van der Waals surface area contributed by atoms with Crippen LogP contribution in [0.1, 0.15) is 5.01 Å². The number of benzene rings is 2. The van der Waals surface area contributed by atoms with E-state index >= 15 is 0 Å². The molecule has 0 bridgehead atoms. The standard InChI is InChI=1S/C18H15N3OS/c1-21-11-10-15(20-21)13-6-8-14(9-7-13)22-12-18-19-16-4-2-3-5-17(16)23-18/h2-11H,12H2,1H3. The van der Waals surface area contributed by atoms with Gasteiger partial charge in [0.1, 0.15) is 17.4 Å². The summed E-state index contributed by atoms with van der Waals surface area (Å²) in [6, 6.07) is 18.1. The van der Waals surface area contributed by atoms with Gasteiger partial charge in [-0.3, -0.25) is 4.68 Å². The molecule has 0 aliphatic rings. The van der Waals surface area contributed by atoms with Crippen LogP contribution in [0.4, 0.5) is 0 Å². The molecule has 2 aromatic carbocycles. The average molecular weight is 321 g/mol. The number of aryl methyl sites for hydroxylation is 1.